The van der Waals surface area contributed by atoms with Crippen molar-refractivity contribution in [2.24, 2.45) is 48.6 Å². The number of hydrogen-bond acceptors (Lipinski definition) is 20. The maximum Gasteiger partial charge on any atom is 0.421 e. The van der Waals surface area contributed by atoms with Gasteiger partial charge in [-0.15, -0.1) is 0 Å². The second-order valence-electron chi connectivity index (χ2n) is 14.6. The number of hydrogen-bond donors (Lipinski definition) is 4. The second-order valence-corrected chi connectivity index (χ2v) is 19.6. The monoisotopic (exact) mass is 1030 g/mol. The Balaban J connectivity index is 0.00000117. The minimum absolute atomic E-state index is 0.0493. The number of nitrogens with zero attached hydrogens (tertiary/aromatic N) is 10. The SMILES string of the molecule is CCC(=O)Nc1ccc(NCCN(C)CCSSCCN(C)CCNc2ccc(NC(=O)CC)cc2N=Nc2n(C)cc[n+]2C)c(N=Nc2n(C)cc[n+]2C)c1.COS(=O)(=O)[O-].COS(=O)(=O)[O-]. The summed E-state index contributed by atoms with van der Waals surface area (Å²) in [5.74, 6) is 3.38. The predicted molar refractivity (Wildman–Crippen MR) is 263 cm³/mol. The van der Waals surface area contributed by atoms with Crippen LogP contribution in [0.4, 0.5) is 46.0 Å². The number of azo groups is 2. The molecule has 0 saturated heterocycles. The average molecular weight is 1030 g/mol. The fourth-order valence-electron chi connectivity index (χ4n) is 5.32. The number of aromatic nitrogens is 4. The predicted octanol–water partition coefficient (Wildman–Crippen LogP) is 4.50. The van der Waals surface area contributed by atoms with Gasteiger partial charge >= 0.3 is 11.9 Å². The van der Waals surface area contributed by atoms with Gasteiger partial charge in [0.1, 0.15) is 11.4 Å². The molecule has 378 valence electrons. The zero-order valence-electron chi connectivity index (χ0n) is 40.0. The molecular weight excluding hydrogens is 965 g/mol. The Morgan fingerprint density at radius 2 is 1.01 bits per heavy atom. The lowest BCUT2D eigenvalue weighted by Gasteiger charge is -2.18. The average Bonchev–Trinajstić information content (AvgIpc) is 3.80. The van der Waals surface area contributed by atoms with Crippen LogP contribution in [0.1, 0.15) is 26.7 Å². The molecule has 2 amide bonds. The summed E-state index contributed by atoms with van der Waals surface area (Å²) < 4.78 is 69.6. The molecule has 0 aliphatic rings. The van der Waals surface area contributed by atoms with Crippen LogP contribution in [0.2, 0.25) is 0 Å². The molecule has 4 rings (SSSR count). The highest BCUT2D eigenvalue weighted by atomic mass is 33.1. The third kappa shape index (κ3) is 23.8. The Hall–Kier alpha value is -5.04. The van der Waals surface area contributed by atoms with Crippen LogP contribution < -0.4 is 30.4 Å². The highest BCUT2D eigenvalue weighted by Gasteiger charge is 2.15. The lowest BCUT2D eigenvalue weighted by Crippen LogP contribution is -2.27. The van der Waals surface area contributed by atoms with E-state index in [2.05, 4.69) is 74.0 Å². The first-order valence-corrected chi connectivity index (χ1v) is 26.1. The van der Waals surface area contributed by atoms with E-state index in [0.29, 0.717) is 47.5 Å². The van der Waals surface area contributed by atoms with E-state index < -0.39 is 20.8 Å². The molecule has 0 radical (unpaired) electrons. The number of likely N-dealkylation sites (N-methyl/N-ethyl adjacent to an activating group) is 2. The van der Waals surface area contributed by atoms with E-state index >= 15 is 0 Å². The first kappa shape index (κ1) is 59.1. The number of aryl methyl sites for hydroxylation is 4. The van der Waals surface area contributed by atoms with Gasteiger partial charge in [-0.3, -0.25) is 18.0 Å². The number of carbonyl (C=O) groups is 2. The first-order chi connectivity index (χ1) is 32.1. The number of benzene rings is 2. The van der Waals surface area contributed by atoms with Crippen molar-refractivity contribution in [3.63, 3.8) is 0 Å². The molecule has 28 heteroatoms. The highest BCUT2D eigenvalue weighted by Crippen LogP contribution is 2.31. The first-order valence-electron chi connectivity index (χ1n) is 20.9. The molecule has 0 aliphatic heterocycles. The minimum atomic E-state index is -4.41. The molecule has 0 bridgehead atoms. The van der Waals surface area contributed by atoms with Crippen molar-refractivity contribution in [2.45, 2.75) is 26.7 Å². The Morgan fingerprint density at radius 1 is 0.662 bits per heavy atom. The zero-order valence-corrected chi connectivity index (χ0v) is 43.3. The molecule has 2 aromatic carbocycles. The Morgan fingerprint density at radius 3 is 1.31 bits per heavy atom. The summed E-state index contributed by atoms with van der Waals surface area (Å²) in [5.41, 5.74) is 4.41. The number of imidazole rings is 2. The molecule has 0 unspecified atom stereocenters. The van der Waals surface area contributed by atoms with E-state index in [-0.39, 0.29) is 11.8 Å². The summed E-state index contributed by atoms with van der Waals surface area (Å²) in [5, 5.41) is 30.9. The van der Waals surface area contributed by atoms with Gasteiger partial charge in [-0.05, 0) is 50.5 Å². The van der Waals surface area contributed by atoms with Gasteiger partial charge in [0, 0.05) is 85.2 Å². The van der Waals surface area contributed by atoms with Crippen LogP contribution >= 0.6 is 21.6 Å². The van der Waals surface area contributed by atoms with Gasteiger partial charge in [-0.2, -0.15) is 0 Å². The molecule has 0 fully saturated rings. The molecule has 4 aromatic rings. The summed E-state index contributed by atoms with van der Waals surface area (Å²) in [4.78, 5) is 28.6. The number of rotatable bonds is 25. The van der Waals surface area contributed by atoms with Crippen LogP contribution in [-0.4, -0.2) is 136 Å². The molecule has 0 aliphatic carbocycles. The minimum Gasteiger partial charge on any atom is -0.726 e. The summed E-state index contributed by atoms with van der Waals surface area (Å²) in [6.45, 7) is 8.81. The second kappa shape index (κ2) is 30.4. The maximum absolute atomic E-state index is 12.0. The van der Waals surface area contributed by atoms with Gasteiger partial charge in [-0.1, -0.05) is 45.7 Å². The quantitative estimate of drug-likeness (QED) is 0.0178. The molecule has 24 nitrogen and oxygen atoms in total. The molecule has 2 aromatic heterocycles. The standard InChI is InChI=1S/C38H56N14O2S2.2CH4O4S/c1-9-35(53)41-29-11-13-31(33(27-29)43-45-37-49(5)19-20-50(37)6)39-15-17-47(3)23-25-55-56-26-24-48(4)18-16-40-32-14-12-30(42-36(54)10-2)28-34(32)44-46-38-51(7)21-22-52(38)8;2*1-5-6(2,3)4/h11-14,19-22,27-28H,9-10,15-18,23-26H2,1-8H3,(H2,41,42,43,44,53,54);2*1H3,(H,2,3,4). The van der Waals surface area contributed by atoms with E-state index in [1.807, 2.05) is 143 Å². The summed E-state index contributed by atoms with van der Waals surface area (Å²) >= 11 is 0. The van der Waals surface area contributed by atoms with Crippen LogP contribution in [0.3, 0.4) is 0 Å². The summed E-state index contributed by atoms with van der Waals surface area (Å²) in [7, 11) is 8.56. The number of nitrogens with one attached hydrogen (secondary N) is 4. The largest absolute Gasteiger partial charge is 0.726 e. The fraction of sp³-hybridized carbons (Fsp3) is 0.500. The lowest BCUT2D eigenvalue weighted by molar-refractivity contribution is -0.657. The van der Waals surface area contributed by atoms with Crippen molar-refractivity contribution < 1.29 is 53.0 Å². The number of anilines is 4. The van der Waals surface area contributed by atoms with E-state index in [0.717, 1.165) is 76.4 Å². The molecule has 0 atom stereocenters. The summed E-state index contributed by atoms with van der Waals surface area (Å²) in [6, 6.07) is 11.3. The molecule has 68 heavy (non-hydrogen) atoms. The topological polar surface area (TPSA) is 289 Å². The van der Waals surface area contributed by atoms with E-state index in [4.69, 9.17) is 0 Å². The molecule has 4 N–H and O–H groups in total. The summed E-state index contributed by atoms with van der Waals surface area (Å²) in [6.07, 6.45) is 8.51. The molecular formula is C40H64N14O10S4. The van der Waals surface area contributed by atoms with E-state index in [9.17, 15) is 35.5 Å². The fourth-order valence-corrected chi connectivity index (χ4v) is 7.48. The van der Waals surface area contributed by atoms with E-state index in [1.54, 1.807) is 0 Å². The van der Waals surface area contributed by atoms with Crippen molar-refractivity contribution >= 4 is 100 Å². The van der Waals surface area contributed by atoms with Crippen LogP contribution in [0.5, 0.6) is 0 Å². The van der Waals surface area contributed by atoms with Crippen molar-refractivity contribution in [3.8, 4) is 0 Å². The number of carbonyl (C=O) groups excluding carboxylic acids is 2. The van der Waals surface area contributed by atoms with Crippen molar-refractivity contribution in [1.82, 2.24) is 18.9 Å². The normalized spacial score (nSPS) is 11.7. The van der Waals surface area contributed by atoms with Crippen LogP contribution in [0.15, 0.2) is 81.6 Å². The zero-order chi connectivity index (χ0) is 50.9. The van der Waals surface area contributed by atoms with Crippen LogP contribution in [0, 0.1) is 0 Å². The third-order valence-electron chi connectivity index (χ3n) is 9.21. The molecule has 0 spiro atoms. The highest BCUT2D eigenvalue weighted by molar-refractivity contribution is 8.76. The Bertz CT molecular complexity index is 2280. The van der Waals surface area contributed by atoms with Crippen LogP contribution in [0.25, 0.3) is 0 Å². The maximum atomic E-state index is 12.0. The smallest absolute Gasteiger partial charge is 0.421 e. The van der Waals surface area contributed by atoms with Gasteiger partial charge in [0.15, 0.2) is 0 Å². The van der Waals surface area contributed by atoms with Gasteiger partial charge < -0.3 is 40.2 Å². The Kier molecular flexibility index (Phi) is 26.5. The van der Waals surface area contributed by atoms with Gasteiger partial charge in [0.05, 0.1) is 78.6 Å². The molecule has 0 saturated carbocycles. The Labute approximate surface area is 407 Å². The van der Waals surface area contributed by atoms with Crippen molar-refractivity contribution in [2.75, 3.05) is 100 Å². The molecule has 2 heterocycles. The van der Waals surface area contributed by atoms with Gasteiger partial charge in [0.25, 0.3) is 0 Å². The lowest BCUT2D eigenvalue weighted by atomic mass is 10.2. The third-order valence-corrected chi connectivity index (χ3v) is 12.4. The van der Waals surface area contributed by atoms with Gasteiger partial charge in [0.2, 0.25) is 32.6 Å². The van der Waals surface area contributed by atoms with Crippen LogP contribution in [-0.2, 0) is 66.9 Å². The van der Waals surface area contributed by atoms with E-state index in [1.165, 1.54) is 0 Å². The van der Waals surface area contributed by atoms with Gasteiger partial charge in [-0.25, -0.2) is 35.1 Å². The van der Waals surface area contributed by atoms with Crippen molar-refractivity contribution in [1.29, 1.82) is 0 Å². The number of amides is 2. The van der Waals surface area contributed by atoms with Crippen molar-refractivity contribution in [3.05, 3.63) is 61.2 Å².